The lowest BCUT2D eigenvalue weighted by atomic mass is 10.2. The van der Waals surface area contributed by atoms with Gasteiger partial charge in [0.1, 0.15) is 11.9 Å². The van der Waals surface area contributed by atoms with Crippen molar-refractivity contribution in [2.75, 3.05) is 19.6 Å². The Labute approximate surface area is 140 Å². The molecule has 0 radical (unpaired) electrons. The van der Waals surface area contributed by atoms with E-state index in [1.54, 1.807) is 6.20 Å². The third-order valence-corrected chi connectivity index (χ3v) is 4.65. The van der Waals surface area contributed by atoms with Gasteiger partial charge in [-0.3, -0.25) is 20.0 Å². The number of hydrogen-bond donors (Lipinski definition) is 6. The fraction of sp³-hybridized carbons (Fsp3) is 0.533. The first-order chi connectivity index (χ1) is 11.7. The van der Waals surface area contributed by atoms with E-state index in [9.17, 15) is 4.79 Å². The van der Waals surface area contributed by atoms with Crippen LogP contribution in [0.5, 0.6) is 0 Å². The second kappa shape index (κ2) is 6.44. The maximum atomic E-state index is 12.6. The molecule has 1 fully saturated rings. The summed E-state index contributed by atoms with van der Waals surface area (Å²) in [7, 11) is 0. The van der Waals surface area contributed by atoms with Crippen LogP contribution in [-0.2, 0) is 4.79 Å². The van der Waals surface area contributed by atoms with Gasteiger partial charge < -0.3 is 21.7 Å². The Balaban J connectivity index is 1.40. The molecule has 4 heterocycles. The Morgan fingerprint density at radius 3 is 2.92 bits per heavy atom. The standard InChI is InChI=1S/C15H24N8O/c16-10-4-7-22(9-10)13-3-2-12-19-8-11(23(12)21-13)14(24)20-15-17-5-1-6-18-15/h1-3,5,8,10,12-13,15,17-19,21H,4,6-7,9,16H2,(H,20,24)/t10-,12?,13?,15?/m0/s1. The van der Waals surface area contributed by atoms with Crippen LogP contribution in [0.2, 0.25) is 0 Å². The number of hydrogen-bond acceptors (Lipinski definition) is 8. The number of amides is 1. The molecule has 0 bridgehead atoms. The van der Waals surface area contributed by atoms with Gasteiger partial charge in [0.2, 0.25) is 0 Å². The topological polar surface area (TPSA) is 110 Å². The molecule has 0 aromatic carbocycles. The van der Waals surface area contributed by atoms with Crippen molar-refractivity contribution >= 4 is 5.91 Å². The van der Waals surface area contributed by atoms with E-state index in [0.29, 0.717) is 5.70 Å². The lowest BCUT2D eigenvalue weighted by Crippen LogP contribution is -2.60. The number of nitrogens with two attached hydrogens (primary N) is 1. The molecule has 24 heavy (non-hydrogen) atoms. The molecule has 0 saturated carbocycles. The molecule has 4 atom stereocenters. The van der Waals surface area contributed by atoms with E-state index in [1.807, 2.05) is 17.3 Å². The van der Waals surface area contributed by atoms with Gasteiger partial charge in [0.15, 0.2) is 6.29 Å². The van der Waals surface area contributed by atoms with Crippen molar-refractivity contribution in [3.63, 3.8) is 0 Å². The van der Waals surface area contributed by atoms with Crippen LogP contribution >= 0.6 is 0 Å². The van der Waals surface area contributed by atoms with Crippen LogP contribution in [0.3, 0.4) is 0 Å². The van der Waals surface area contributed by atoms with Crippen molar-refractivity contribution in [1.29, 1.82) is 0 Å². The van der Waals surface area contributed by atoms with Gasteiger partial charge in [-0.15, -0.1) is 0 Å². The number of nitrogens with one attached hydrogen (secondary N) is 5. The van der Waals surface area contributed by atoms with Crippen LogP contribution in [0.4, 0.5) is 0 Å². The predicted octanol–water partition coefficient (Wildman–Crippen LogP) is -2.40. The summed E-state index contributed by atoms with van der Waals surface area (Å²) < 4.78 is 0. The largest absolute Gasteiger partial charge is 0.365 e. The quantitative estimate of drug-likeness (QED) is 0.318. The van der Waals surface area contributed by atoms with Crippen molar-refractivity contribution in [3.8, 4) is 0 Å². The number of nitrogens with zero attached hydrogens (tertiary/aromatic N) is 2. The van der Waals surface area contributed by atoms with Crippen LogP contribution in [-0.4, -0.2) is 60.1 Å². The first kappa shape index (κ1) is 15.5. The summed E-state index contributed by atoms with van der Waals surface area (Å²) in [6.45, 7) is 2.55. The molecule has 9 heteroatoms. The van der Waals surface area contributed by atoms with Crippen molar-refractivity contribution in [2.24, 2.45) is 5.73 Å². The van der Waals surface area contributed by atoms with E-state index in [2.05, 4.69) is 43.7 Å². The first-order valence-electron chi connectivity index (χ1n) is 8.35. The number of carbonyl (C=O) groups is 1. The molecule has 130 valence electrons. The molecule has 4 aliphatic rings. The lowest BCUT2D eigenvalue weighted by molar-refractivity contribution is -0.120. The molecule has 3 unspecified atom stereocenters. The van der Waals surface area contributed by atoms with Gasteiger partial charge in [-0.25, -0.2) is 5.43 Å². The van der Waals surface area contributed by atoms with Crippen LogP contribution < -0.4 is 32.4 Å². The van der Waals surface area contributed by atoms with Crippen LogP contribution in [0.25, 0.3) is 0 Å². The Hall–Kier alpha value is -2.07. The van der Waals surface area contributed by atoms with Crippen LogP contribution in [0, 0.1) is 0 Å². The minimum Gasteiger partial charge on any atom is -0.365 e. The van der Waals surface area contributed by atoms with Gasteiger partial charge in [-0.2, -0.15) is 0 Å². The maximum absolute atomic E-state index is 12.6. The molecule has 0 spiro atoms. The van der Waals surface area contributed by atoms with Crippen LogP contribution in [0.15, 0.2) is 36.3 Å². The average molecular weight is 332 g/mol. The Bertz CT molecular complexity index is 588. The fourth-order valence-corrected chi connectivity index (χ4v) is 3.36. The predicted molar refractivity (Wildman–Crippen MR) is 89.3 cm³/mol. The van der Waals surface area contributed by atoms with E-state index in [-0.39, 0.29) is 30.6 Å². The summed E-state index contributed by atoms with van der Waals surface area (Å²) in [4.78, 5) is 14.9. The highest BCUT2D eigenvalue weighted by Crippen LogP contribution is 2.20. The summed E-state index contributed by atoms with van der Waals surface area (Å²) >= 11 is 0. The summed E-state index contributed by atoms with van der Waals surface area (Å²) in [5.41, 5.74) is 9.99. The molecule has 0 aliphatic carbocycles. The van der Waals surface area contributed by atoms with Gasteiger partial charge in [0.05, 0.1) is 6.17 Å². The van der Waals surface area contributed by atoms with E-state index in [4.69, 9.17) is 5.73 Å². The number of likely N-dealkylation sites (tertiary alicyclic amines) is 1. The highest BCUT2D eigenvalue weighted by molar-refractivity contribution is 5.93. The molecule has 9 nitrogen and oxygen atoms in total. The lowest BCUT2D eigenvalue weighted by Gasteiger charge is -2.38. The summed E-state index contributed by atoms with van der Waals surface area (Å²) in [6, 6.07) is 0.226. The number of hydrazine groups is 1. The van der Waals surface area contributed by atoms with Gasteiger partial charge in [-0.1, -0.05) is 12.2 Å². The van der Waals surface area contributed by atoms with Gasteiger partial charge in [-0.05, 0) is 18.7 Å². The molecule has 0 aromatic heterocycles. The molecular formula is C15H24N8O. The summed E-state index contributed by atoms with van der Waals surface area (Å²) in [5.74, 6) is -0.148. The van der Waals surface area contributed by atoms with E-state index in [1.165, 1.54) is 0 Å². The SMILES string of the molecule is N[C@H]1CCN(C2C=CC3NC=C(C(=O)NC4NC=CCN4)N3N2)C1. The Kier molecular flexibility index (Phi) is 4.15. The second-order valence-corrected chi connectivity index (χ2v) is 6.40. The van der Waals surface area contributed by atoms with E-state index < -0.39 is 0 Å². The Morgan fingerprint density at radius 2 is 2.17 bits per heavy atom. The maximum Gasteiger partial charge on any atom is 0.273 e. The smallest absolute Gasteiger partial charge is 0.273 e. The van der Waals surface area contributed by atoms with Crippen LogP contribution in [0.1, 0.15) is 6.42 Å². The highest BCUT2D eigenvalue weighted by atomic mass is 16.2. The molecule has 4 rings (SSSR count). The zero-order chi connectivity index (χ0) is 16.5. The number of carbonyl (C=O) groups excluding carboxylic acids is 1. The van der Waals surface area contributed by atoms with Crippen molar-refractivity contribution in [2.45, 2.75) is 31.1 Å². The van der Waals surface area contributed by atoms with E-state index >= 15 is 0 Å². The first-order valence-corrected chi connectivity index (χ1v) is 8.35. The fourth-order valence-electron chi connectivity index (χ4n) is 3.36. The molecule has 7 N–H and O–H groups in total. The monoisotopic (exact) mass is 332 g/mol. The minimum atomic E-state index is -0.268. The third-order valence-electron chi connectivity index (χ3n) is 4.65. The normalized spacial score (nSPS) is 35.2. The zero-order valence-corrected chi connectivity index (χ0v) is 13.4. The summed E-state index contributed by atoms with van der Waals surface area (Å²) in [6.07, 6.45) is 10.5. The molecular weight excluding hydrogens is 308 g/mol. The average Bonchev–Trinajstić information content (AvgIpc) is 3.21. The van der Waals surface area contributed by atoms with Gasteiger partial charge >= 0.3 is 0 Å². The Morgan fingerprint density at radius 1 is 1.29 bits per heavy atom. The van der Waals surface area contributed by atoms with Gasteiger partial charge in [0.25, 0.3) is 5.91 Å². The van der Waals surface area contributed by atoms with Gasteiger partial charge in [0, 0.05) is 31.9 Å². The highest BCUT2D eigenvalue weighted by Gasteiger charge is 2.36. The molecule has 1 amide bonds. The molecule has 4 aliphatic heterocycles. The molecule has 0 aromatic rings. The molecule has 1 saturated heterocycles. The third kappa shape index (κ3) is 2.98. The van der Waals surface area contributed by atoms with E-state index in [0.717, 1.165) is 26.1 Å². The number of rotatable bonds is 3. The van der Waals surface area contributed by atoms with Crippen molar-refractivity contribution in [1.82, 2.24) is 36.6 Å². The van der Waals surface area contributed by atoms with Crippen molar-refractivity contribution in [3.05, 3.63) is 36.3 Å². The number of fused-ring (bicyclic) bond motifs is 1. The minimum absolute atomic E-state index is 0.0505. The summed E-state index contributed by atoms with van der Waals surface area (Å²) in [5, 5.41) is 14.2. The second-order valence-electron chi connectivity index (χ2n) is 6.40. The van der Waals surface area contributed by atoms with Crippen molar-refractivity contribution < 1.29 is 4.79 Å². The zero-order valence-electron chi connectivity index (χ0n) is 13.4.